The Hall–Kier alpha value is -5.13. The lowest BCUT2D eigenvalue weighted by Crippen LogP contribution is -2.33. The van der Waals surface area contributed by atoms with Crippen LogP contribution in [0.25, 0.3) is 32.9 Å². The molecule has 0 spiro atoms. The van der Waals surface area contributed by atoms with E-state index in [4.69, 9.17) is 23.7 Å². The highest BCUT2D eigenvalue weighted by atomic mass is 16.6. The number of rotatable bonds is 15. The summed E-state index contributed by atoms with van der Waals surface area (Å²) in [7, 11) is 0. The number of nitrogens with one attached hydrogen (secondary N) is 3. The Balaban J connectivity index is 1.50. The van der Waals surface area contributed by atoms with Gasteiger partial charge in [0.1, 0.15) is 28.3 Å². The monoisotopic (exact) mass is 746 g/mol. The van der Waals surface area contributed by atoms with Crippen LogP contribution < -0.4 is 25.4 Å². The first kappa shape index (κ1) is 41.6. The van der Waals surface area contributed by atoms with Crippen LogP contribution in [-0.2, 0) is 20.8 Å². The molecule has 1 heterocycles. The number of para-hydroxylation sites is 1. The van der Waals surface area contributed by atoms with Gasteiger partial charge in [-0.15, -0.1) is 0 Å². The first-order valence-electron chi connectivity index (χ1n) is 18.7. The standard InChI is InChI=1S/C42H58N4O8/c1-40(2,3)52-37(47)43-19-12-22-46-35-16-11-10-15-33(35)34-27-29(17-18-36(34)46)30-25-31(50-23-13-20-44-38(48)53-41(4,5)6)28-32(26-30)51-24-14-21-45-39(49)54-42(7,8)9/h10-11,15-18,25-28H,12-14,19-24H2,1-9H3,(H,43,47)(H,44,48)(H,45,49). The van der Waals surface area contributed by atoms with E-state index >= 15 is 0 Å². The zero-order valence-corrected chi connectivity index (χ0v) is 33.4. The van der Waals surface area contributed by atoms with Crippen LogP contribution in [0.15, 0.2) is 60.7 Å². The van der Waals surface area contributed by atoms with Gasteiger partial charge in [-0.05, 0) is 123 Å². The van der Waals surface area contributed by atoms with Crippen LogP contribution in [0.5, 0.6) is 11.5 Å². The highest BCUT2D eigenvalue weighted by molar-refractivity contribution is 6.09. The Labute approximate surface area is 319 Å². The fourth-order valence-electron chi connectivity index (χ4n) is 5.65. The van der Waals surface area contributed by atoms with E-state index in [9.17, 15) is 14.4 Å². The highest BCUT2D eigenvalue weighted by Gasteiger charge is 2.18. The second-order valence-corrected chi connectivity index (χ2v) is 16.1. The highest BCUT2D eigenvalue weighted by Crippen LogP contribution is 2.35. The number of aryl methyl sites for hydroxylation is 1. The zero-order valence-electron chi connectivity index (χ0n) is 33.4. The molecule has 0 unspecified atom stereocenters. The number of ether oxygens (including phenoxy) is 5. The van der Waals surface area contributed by atoms with E-state index in [-0.39, 0.29) is 0 Å². The van der Waals surface area contributed by atoms with Gasteiger partial charge in [0.05, 0.1) is 13.2 Å². The number of hydrogen-bond acceptors (Lipinski definition) is 8. The molecule has 0 aliphatic rings. The van der Waals surface area contributed by atoms with Crippen molar-refractivity contribution in [2.75, 3.05) is 32.8 Å². The number of aromatic nitrogens is 1. The number of amides is 3. The van der Waals surface area contributed by atoms with Gasteiger partial charge in [-0.1, -0.05) is 24.3 Å². The lowest BCUT2D eigenvalue weighted by Gasteiger charge is -2.19. The summed E-state index contributed by atoms with van der Waals surface area (Å²) in [6.45, 7) is 19.2. The molecule has 12 nitrogen and oxygen atoms in total. The van der Waals surface area contributed by atoms with E-state index in [1.807, 2.05) is 92.6 Å². The molecule has 4 aromatic rings. The Morgan fingerprint density at radius 2 is 1.00 bits per heavy atom. The number of fused-ring (bicyclic) bond motifs is 3. The molecule has 1 aromatic heterocycles. The van der Waals surface area contributed by atoms with E-state index in [1.165, 1.54) is 0 Å². The van der Waals surface area contributed by atoms with Gasteiger partial charge in [0.25, 0.3) is 0 Å². The van der Waals surface area contributed by atoms with Crippen LogP contribution in [0.2, 0.25) is 0 Å². The predicted molar refractivity (Wildman–Crippen MR) is 212 cm³/mol. The second kappa shape index (κ2) is 18.3. The third-order valence-electron chi connectivity index (χ3n) is 7.73. The lowest BCUT2D eigenvalue weighted by molar-refractivity contribution is 0.0514. The summed E-state index contributed by atoms with van der Waals surface area (Å²) in [4.78, 5) is 36.3. The van der Waals surface area contributed by atoms with Crippen molar-refractivity contribution in [2.45, 2.75) is 105 Å². The molecule has 0 aliphatic carbocycles. The maximum Gasteiger partial charge on any atom is 0.407 e. The number of nitrogens with zero attached hydrogens (tertiary/aromatic N) is 1. The molecule has 12 heteroatoms. The van der Waals surface area contributed by atoms with E-state index in [1.54, 1.807) is 0 Å². The molecule has 3 N–H and O–H groups in total. The van der Waals surface area contributed by atoms with Gasteiger partial charge in [-0.3, -0.25) is 0 Å². The molecule has 0 bridgehead atoms. The molecule has 4 rings (SSSR count). The summed E-state index contributed by atoms with van der Waals surface area (Å²) in [6, 6.07) is 20.6. The number of carbonyl (C=O) groups is 3. The summed E-state index contributed by atoms with van der Waals surface area (Å²) in [6.07, 6.45) is 0.545. The SMILES string of the molecule is CC(C)(C)OC(=O)NCCCOc1cc(OCCCNC(=O)OC(C)(C)C)cc(-c2ccc3c(c2)c2ccccc2n3CCCNC(=O)OC(C)(C)C)c1. The van der Waals surface area contributed by atoms with Crippen LogP contribution in [0, 0.1) is 0 Å². The third kappa shape index (κ3) is 13.7. The average Bonchev–Trinajstić information content (AvgIpc) is 3.36. The van der Waals surface area contributed by atoms with Gasteiger partial charge < -0.3 is 44.2 Å². The molecule has 0 atom stereocenters. The Morgan fingerprint density at radius 3 is 1.50 bits per heavy atom. The van der Waals surface area contributed by atoms with Crippen LogP contribution in [0.3, 0.4) is 0 Å². The molecule has 3 amide bonds. The quantitative estimate of drug-likeness (QED) is 0.0810. The van der Waals surface area contributed by atoms with Crippen molar-refractivity contribution in [2.24, 2.45) is 0 Å². The largest absolute Gasteiger partial charge is 0.493 e. The smallest absolute Gasteiger partial charge is 0.407 e. The molecule has 294 valence electrons. The summed E-state index contributed by atoms with van der Waals surface area (Å²) in [5, 5.41) is 10.6. The van der Waals surface area contributed by atoms with Crippen LogP contribution in [0.4, 0.5) is 14.4 Å². The van der Waals surface area contributed by atoms with Crippen molar-refractivity contribution < 1.29 is 38.1 Å². The Kier molecular flexibility index (Phi) is 14.1. The molecular formula is C42H58N4O8. The van der Waals surface area contributed by atoms with Gasteiger partial charge in [0.15, 0.2) is 0 Å². The van der Waals surface area contributed by atoms with Crippen LogP contribution >= 0.6 is 0 Å². The third-order valence-corrected chi connectivity index (χ3v) is 7.73. The van der Waals surface area contributed by atoms with Crippen molar-refractivity contribution in [3.05, 3.63) is 60.7 Å². The van der Waals surface area contributed by atoms with Gasteiger partial charge in [-0.2, -0.15) is 0 Å². The van der Waals surface area contributed by atoms with E-state index in [2.05, 4.69) is 50.8 Å². The Morgan fingerprint density at radius 1 is 0.537 bits per heavy atom. The fraction of sp³-hybridized carbons (Fsp3) is 0.500. The van der Waals surface area contributed by atoms with Crippen molar-refractivity contribution in [3.63, 3.8) is 0 Å². The lowest BCUT2D eigenvalue weighted by atomic mass is 10.0. The topological polar surface area (TPSA) is 138 Å². The number of carbonyl (C=O) groups excluding carboxylic acids is 3. The molecule has 0 saturated heterocycles. The van der Waals surface area contributed by atoms with E-state index in [0.717, 1.165) is 39.4 Å². The maximum absolute atomic E-state index is 12.2. The average molecular weight is 747 g/mol. The normalized spacial score (nSPS) is 11.9. The summed E-state index contributed by atoms with van der Waals surface area (Å²) in [5.74, 6) is 1.26. The molecular weight excluding hydrogens is 688 g/mol. The first-order chi connectivity index (χ1) is 25.4. The Bertz CT molecular complexity index is 1830. The minimum Gasteiger partial charge on any atom is -0.493 e. The van der Waals surface area contributed by atoms with Gasteiger partial charge in [0.2, 0.25) is 0 Å². The van der Waals surface area contributed by atoms with Crippen molar-refractivity contribution in [1.29, 1.82) is 0 Å². The fourth-order valence-corrected chi connectivity index (χ4v) is 5.65. The number of benzene rings is 3. The zero-order chi connectivity index (χ0) is 39.5. The molecule has 0 fully saturated rings. The maximum atomic E-state index is 12.2. The second-order valence-electron chi connectivity index (χ2n) is 16.1. The van der Waals surface area contributed by atoms with Crippen molar-refractivity contribution in [1.82, 2.24) is 20.5 Å². The van der Waals surface area contributed by atoms with Crippen molar-refractivity contribution >= 4 is 40.1 Å². The minimum absolute atomic E-state index is 0.369. The van der Waals surface area contributed by atoms with E-state index < -0.39 is 35.1 Å². The molecule has 0 aliphatic heterocycles. The molecule has 0 radical (unpaired) electrons. The van der Waals surface area contributed by atoms with Crippen LogP contribution in [0.1, 0.15) is 81.6 Å². The predicted octanol–water partition coefficient (Wildman–Crippen LogP) is 8.96. The van der Waals surface area contributed by atoms with Gasteiger partial charge >= 0.3 is 18.3 Å². The summed E-state index contributed by atoms with van der Waals surface area (Å²) in [5.41, 5.74) is 2.43. The summed E-state index contributed by atoms with van der Waals surface area (Å²) < 4.78 is 30.6. The molecule has 54 heavy (non-hydrogen) atoms. The molecule has 3 aromatic carbocycles. The van der Waals surface area contributed by atoms with E-state index in [0.29, 0.717) is 63.7 Å². The van der Waals surface area contributed by atoms with Gasteiger partial charge in [0, 0.05) is 54.1 Å². The van der Waals surface area contributed by atoms with Crippen molar-refractivity contribution in [3.8, 4) is 22.6 Å². The minimum atomic E-state index is -0.568. The van der Waals surface area contributed by atoms with Gasteiger partial charge in [-0.25, -0.2) is 14.4 Å². The van der Waals surface area contributed by atoms with Crippen LogP contribution in [-0.4, -0.2) is 72.5 Å². The number of alkyl carbamates (subject to hydrolysis) is 3. The number of hydrogen-bond donors (Lipinski definition) is 3. The molecule has 0 saturated carbocycles. The first-order valence-corrected chi connectivity index (χ1v) is 18.7. The summed E-state index contributed by atoms with van der Waals surface area (Å²) >= 11 is 0.